The van der Waals surface area contributed by atoms with Crippen LogP contribution < -0.4 is 4.90 Å². The van der Waals surface area contributed by atoms with Crippen molar-refractivity contribution in [2.75, 3.05) is 31.1 Å². The van der Waals surface area contributed by atoms with Gasteiger partial charge < -0.3 is 9.80 Å². The summed E-state index contributed by atoms with van der Waals surface area (Å²) in [4.78, 5) is 26.2. The Balaban J connectivity index is 1.38. The molecule has 0 saturated carbocycles. The van der Waals surface area contributed by atoms with Gasteiger partial charge in [0.1, 0.15) is 18.0 Å². The van der Waals surface area contributed by atoms with E-state index in [1.165, 1.54) is 12.1 Å². The second kappa shape index (κ2) is 9.67. The fourth-order valence-corrected chi connectivity index (χ4v) is 5.10. The molecular weight excluding hydrogens is 489 g/mol. The third-order valence-electron chi connectivity index (χ3n) is 6.70. The van der Waals surface area contributed by atoms with Crippen LogP contribution in [0.1, 0.15) is 10.4 Å². The summed E-state index contributed by atoms with van der Waals surface area (Å²) >= 11 is 6.57. The van der Waals surface area contributed by atoms with Crippen LogP contribution in [0.4, 0.5) is 10.2 Å². The average molecular weight is 512 g/mol. The number of aromatic nitrogens is 3. The largest absolute Gasteiger partial charge is 0.352 e. The number of rotatable bonds is 4. The summed E-state index contributed by atoms with van der Waals surface area (Å²) in [5, 5.41) is 1.56. The van der Waals surface area contributed by atoms with Crippen molar-refractivity contribution in [2.24, 2.45) is 0 Å². The molecule has 0 spiro atoms. The Morgan fingerprint density at radius 2 is 1.62 bits per heavy atom. The summed E-state index contributed by atoms with van der Waals surface area (Å²) in [5.41, 5.74) is 4.02. The third kappa shape index (κ3) is 4.32. The second-order valence-corrected chi connectivity index (χ2v) is 9.32. The molecule has 184 valence electrons. The molecule has 1 fully saturated rings. The Morgan fingerprint density at radius 3 is 2.38 bits per heavy atom. The van der Waals surface area contributed by atoms with Crippen LogP contribution in [0.5, 0.6) is 0 Å². The van der Waals surface area contributed by atoms with Crippen LogP contribution >= 0.6 is 11.6 Å². The number of benzene rings is 3. The molecule has 0 radical (unpaired) electrons. The molecule has 2 aromatic heterocycles. The van der Waals surface area contributed by atoms with E-state index in [1.54, 1.807) is 23.4 Å². The summed E-state index contributed by atoms with van der Waals surface area (Å²) < 4.78 is 15.7. The predicted molar refractivity (Wildman–Crippen MR) is 144 cm³/mol. The summed E-state index contributed by atoms with van der Waals surface area (Å²) in [7, 11) is 0. The number of amides is 1. The first kappa shape index (κ1) is 23.2. The predicted octanol–water partition coefficient (Wildman–Crippen LogP) is 5.84. The van der Waals surface area contributed by atoms with Crippen molar-refractivity contribution in [3.63, 3.8) is 0 Å². The zero-order valence-corrected chi connectivity index (χ0v) is 20.6. The maximum atomic E-state index is 13.7. The van der Waals surface area contributed by atoms with Crippen LogP contribution in [0, 0.1) is 5.82 Å². The fourth-order valence-electron chi connectivity index (χ4n) is 4.88. The Kier molecular flexibility index (Phi) is 6.06. The Morgan fingerprint density at radius 1 is 0.865 bits per heavy atom. The number of para-hydroxylation sites is 1. The topological polar surface area (TPSA) is 54.3 Å². The summed E-state index contributed by atoms with van der Waals surface area (Å²) in [6.07, 6.45) is 3.63. The highest BCUT2D eigenvalue weighted by Crippen LogP contribution is 2.38. The first-order valence-electron chi connectivity index (χ1n) is 12.1. The van der Waals surface area contributed by atoms with Gasteiger partial charge in [0, 0.05) is 43.5 Å². The van der Waals surface area contributed by atoms with E-state index in [4.69, 9.17) is 16.6 Å². The standard InChI is InChI=1S/C29H23ClFN5O/c30-24-11-4-5-12-25(24)36-18-23(20-7-2-1-3-8-20)26-27(32-19-33-28(26)36)34-13-15-35(16-14-34)29(37)21-9-6-10-22(31)17-21/h1-12,17-19H,13-16H2. The van der Waals surface area contributed by atoms with Crippen LogP contribution in [0.25, 0.3) is 27.8 Å². The molecule has 6 rings (SSSR count). The lowest BCUT2D eigenvalue weighted by Crippen LogP contribution is -2.49. The van der Waals surface area contributed by atoms with Gasteiger partial charge in [-0.15, -0.1) is 0 Å². The number of anilines is 1. The lowest BCUT2D eigenvalue weighted by atomic mass is 10.1. The van der Waals surface area contributed by atoms with E-state index in [9.17, 15) is 9.18 Å². The Bertz CT molecular complexity index is 1600. The van der Waals surface area contributed by atoms with Crippen LogP contribution in [-0.2, 0) is 0 Å². The molecule has 1 aliphatic heterocycles. The van der Waals surface area contributed by atoms with E-state index in [0.717, 1.165) is 33.7 Å². The number of piperazine rings is 1. The number of hydrogen-bond donors (Lipinski definition) is 0. The molecule has 37 heavy (non-hydrogen) atoms. The van der Waals surface area contributed by atoms with Crippen LogP contribution in [-0.4, -0.2) is 51.5 Å². The minimum absolute atomic E-state index is 0.165. The zero-order chi connectivity index (χ0) is 25.4. The van der Waals surface area contributed by atoms with E-state index in [-0.39, 0.29) is 5.91 Å². The number of halogens is 2. The Labute approximate surface area is 218 Å². The van der Waals surface area contributed by atoms with Gasteiger partial charge in [0.25, 0.3) is 5.91 Å². The highest BCUT2D eigenvalue weighted by atomic mass is 35.5. The average Bonchev–Trinajstić information content (AvgIpc) is 3.33. The highest BCUT2D eigenvalue weighted by molar-refractivity contribution is 6.32. The molecule has 0 unspecified atom stereocenters. The van der Waals surface area contributed by atoms with Gasteiger partial charge in [0.05, 0.1) is 16.1 Å². The Hall–Kier alpha value is -4.23. The molecular formula is C29H23ClFN5O. The molecule has 0 atom stereocenters. The van der Waals surface area contributed by atoms with Gasteiger partial charge in [0.2, 0.25) is 0 Å². The molecule has 3 heterocycles. The van der Waals surface area contributed by atoms with Crippen molar-refractivity contribution in [3.8, 4) is 16.8 Å². The molecule has 8 heteroatoms. The van der Waals surface area contributed by atoms with E-state index in [2.05, 4.69) is 28.2 Å². The first-order chi connectivity index (χ1) is 18.1. The molecule has 0 aliphatic carbocycles. The summed E-state index contributed by atoms with van der Waals surface area (Å²) in [6, 6.07) is 23.7. The van der Waals surface area contributed by atoms with E-state index < -0.39 is 5.82 Å². The minimum Gasteiger partial charge on any atom is -0.352 e. The maximum absolute atomic E-state index is 13.7. The van der Waals surface area contributed by atoms with Gasteiger partial charge in [-0.25, -0.2) is 14.4 Å². The van der Waals surface area contributed by atoms with Crippen molar-refractivity contribution in [1.29, 1.82) is 0 Å². The number of hydrogen-bond acceptors (Lipinski definition) is 4. The molecule has 0 N–H and O–H groups in total. The van der Waals surface area contributed by atoms with Crippen LogP contribution in [0.2, 0.25) is 5.02 Å². The quantitative estimate of drug-likeness (QED) is 0.304. The van der Waals surface area contributed by atoms with Crippen LogP contribution in [0.15, 0.2) is 91.4 Å². The monoisotopic (exact) mass is 511 g/mol. The SMILES string of the molecule is O=C(c1cccc(F)c1)N1CCN(c2ncnc3c2c(-c2ccccc2)cn3-c2ccccc2Cl)CC1. The van der Waals surface area contributed by atoms with Gasteiger partial charge in [-0.2, -0.15) is 0 Å². The number of carbonyl (C=O) groups is 1. The van der Waals surface area contributed by atoms with Gasteiger partial charge in [-0.1, -0.05) is 60.1 Å². The lowest BCUT2D eigenvalue weighted by molar-refractivity contribution is 0.0746. The number of nitrogens with zero attached hydrogens (tertiary/aromatic N) is 5. The van der Waals surface area contributed by atoms with Crippen molar-refractivity contribution >= 4 is 34.4 Å². The van der Waals surface area contributed by atoms with Gasteiger partial charge in [-0.05, 0) is 35.9 Å². The number of fused-ring (bicyclic) bond motifs is 1. The molecule has 3 aromatic carbocycles. The third-order valence-corrected chi connectivity index (χ3v) is 7.02. The van der Waals surface area contributed by atoms with Gasteiger partial charge in [-0.3, -0.25) is 9.36 Å². The van der Waals surface area contributed by atoms with Crippen LogP contribution in [0.3, 0.4) is 0 Å². The van der Waals surface area contributed by atoms with E-state index in [1.807, 2.05) is 47.0 Å². The molecule has 0 bridgehead atoms. The smallest absolute Gasteiger partial charge is 0.254 e. The maximum Gasteiger partial charge on any atom is 0.254 e. The molecule has 6 nitrogen and oxygen atoms in total. The van der Waals surface area contributed by atoms with E-state index >= 15 is 0 Å². The minimum atomic E-state index is -0.413. The van der Waals surface area contributed by atoms with Gasteiger partial charge >= 0.3 is 0 Å². The van der Waals surface area contributed by atoms with Crippen molar-refractivity contribution in [3.05, 3.63) is 108 Å². The number of carbonyl (C=O) groups excluding carboxylic acids is 1. The summed E-state index contributed by atoms with van der Waals surface area (Å²) in [6.45, 7) is 2.21. The van der Waals surface area contributed by atoms with Crippen molar-refractivity contribution in [2.45, 2.75) is 0 Å². The highest BCUT2D eigenvalue weighted by Gasteiger charge is 2.26. The van der Waals surface area contributed by atoms with Crippen molar-refractivity contribution < 1.29 is 9.18 Å². The fraction of sp³-hybridized carbons (Fsp3) is 0.138. The lowest BCUT2D eigenvalue weighted by Gasteiger charge is -2.35. The van der Waals surface area contributed by atoms with E-state index in [0.29, 0.717) is 36.8 Å². The molecule has 1 amide bonds. The first-order valence-corrected chi connectivity index (χ1v) is 12.4. The van der Waals surface area contributed by atoms with Gasteiger partial charge in [0.15, 0.2) is 5.65 Å². The molecule has 1 saturated heterocycles. The normalized spacial score (nSPS) is 13.8. The zero-order valence-electron chi connectivity index (χ0n) is 19.9. The summed E-state index contributed by atoms with van der Waals surface area (Å²) in [5.74, 6) is 0.235. The van der Waals surface area contributed by atoms with Crippen molar-refractivity contribution in [1.82, 2.24) is 19.4 Å². The second-order valence-electron chi connectivity index (χ2n) is 8.92. The molecule has 5 aromatic rings. The molecule has 1 aliphatic rings.